The molecular formula is C22H23N3O3S. The number of carbonyl (C=O) groups excluding carboxylic acids is 1. The molecule has 1 amide bonds. The van der Waals surface area contributed by atoms with E-state index in [1.807, 2.05) is 30.3 Å². The van der Waals surface area contributed by atoms with Crippen LogP contribution in [0.2, 0.25) is 0 Å². The van der Waals surface area contributed by atoms with Gasteiger partial charge in [-0.2, -0.15) is 0 Å². The van der Waals surface area contributed by atoms with Gasteiger partial charge < -0.3 is 15.0 Å². The number of hydrogen-bond acceptors (Lipinski definition) is 4. The molecule has 0 saturated carbocycles. The van der Waals surface area contributed by atoms with Crippen LogP contribution in [0.15, 0.2) is 66.0 Å². The Kier molecular flexibility index (Phi) is 6.97. The van der Waals surface area contributed by atoms with E-state index in [2.05, 4.69) is 16.9 Å². The zero-order valence-electron chi connectivity index (χ0n) is 16.0. The summed E-state index contributed by atoms with van der Waals surface area (Å²) in [6, 6.07) is 14.6. The molecule has 1 aromatic heterocycles. The number of carbonyl (C=O) groups is 1. The smallest absolute Gasteiger partial charge is 0.262 e. The molecule has 6 nitrogen and oxygen atoms in total. The van der Waals surface area contributed by atoms with E-state index in [9.17, 15) is 9.59 Å². The first-order valence-corrected chi connectivity index (χ1v) is 9.85. The molecule has 0 aliphatic carbocycles. The molecule has 0 aliphatic rings. The van der Waals surface area contributed by atoms with Gasteiger partial charge in [-0.25, -0.2) is 0 Å². The first-order chi connectivity index (χ1) is 14.1. The maximum atomic E-state index is 12.5. The maximum absolute atomic E-state index is 12.5. The standard InChI is InChI=1S/C22H23N3O3S/c1-2-13-25-21(27)18-11-10-16(15-19(18)24-22(25)29)20(26)23-12-6-7-14-28-17-8-4-3-5-9-17/h2-5,8-11,15H,1,6-7,12-14H2,(H,23,26)(H,24,29). The van der Waals surface area contributed by atoms with Gasteiger partial charge in [-0.1, -0.05) is 24.3 Å². The molecule has 3 aromatic rings. The van der Waals surface area contributed by atoms with E-state index in [0.29, 0.717) is 40.9 Å². The van der Waals surface area contributed by atoms with Gasteiger partial charge in [-0.15, -0.1) is 6.58 Å². The fourth-order valence-corrected chi connectivity index (χ4v) is 3.20. The minimum Gasteiger partial charge on any atom is -0.494 e. The summed E-state index contributed by atoms with van der Waals surface area (Å²) >= 11 is 5.23. The van der Waals surface area contributed by atoms with Crippen molar-refractivity contribution in [1.82, 2.24) is 14.9 Å². The van der Waals surface area contributed by atoms with Gasteiger partial charge in [-0.3, -0.25) is 14.2 Å². The number of unbranched alkanes of at least 4 members (excludes halogenated alkanes) is 1. The molecule has 29 heavy (non-hydrogen) atoms. The van der Waals surface area contributed by atoms with Crippen molar-refractivity contribution in [2.24, 2.45) is 0 Å². The molecule has 7 heteroatoms. The number of aromatic amines is 1. The van der Waals surface area contributed by atoms with E-state index in [4.69, 9.17) is 17.0 Å². The summed E-state index contributed by atoms with van der Waals surface area (Å²) in [5.74, 6) is 0.655. The summed E-state index contributed by atoms with van der Waals surface area (Å²) in [7, 11) is 0. The normalized spacial score (nSPS) is 10.6. The molecule has 0 unspecified atom stereocenters. The lowest BCUT2D eigenvalue weighted by atomic mass is 10.1. The van der Waals surface area contributed by atoms with Crippen LogP contribution in [0.1, 0.15) is 23.2 Å². The first-order valence-electron chi connectivity index (χ1n) is 9.44. The quantitative estimate of drug-likeness (QED) is 0.320. The minimum atomic E-state index is -0.200. The zero-order valence-corrected chi connectivity index (χ0v) is 16.8. The van der Waals surface area contributed by atoms with Crippen molar-refractivity contribution in [3.05, 3.63) is 81.9 Å². The molecule has 0 bridgehead atoms. The van der Waals surface area contributed by atoms with Crippen LogP contribution in [0, 0.1) is 4.77 Å². The Morgan fingerprint density at radius 2 is 2.00 bits per heavy atom. The summed E-state index contributed by atoms with van der Waals surface area (Å²) in [5, 5.41) is 3.37. The number of hydrogen-bond donors (Lipinski definition) is 2. The topological polar surface area (TPSA) is 76.1 Å². The largest absolute Gasteiger partial charge is 0.494 e. The average molecular weight is 410 g/mol. The number of allylic oxidation sites excluding steroid dienone is 1. The summed E-state index contributed by atoms with van der Waals surface area (Å²) in [6.45, 7) is 5.12. The fourth-order valence-electron chi connectivity index (χ4n) is 2.93. The number of amides is 1. The zero-order chi connectivity index (χ0) is 20.6. The van der Waals surface area contributed by atoms with Gasteiger partial charge in [-0.05, 0) is 55.4 Å². The number of H-pyrrole nitrogens is 1. The van der Waals surface area contributed by atoms with E-state index >= 15 is 0 Å². The van der Waals surface area contributed by atoms with E-state index in [0.717, 1.165) is 18.6 Å². The van der Waals surface area contributed by atoms with E-state index in [1.165, 1.54) is 4.57 Å². The van der Waals surface area contributed by atoms with Crippen molar-refractivity contribution in [2.45, 2.75) is 19.4 Å². The van der Waals surface area contributed by atoms with Gasteiger partial charge in [0, 0.05) is 18.7 Å². The molecule has 0 spiro atoms. The number of fused-ring (bicyclic) bond motifs is 1. The van der Waals surface area contributed by atoms with E-state index in [1.54, 1.807) is 24.3 Å². The molecule has 2 aromatic carbocycles. The van der Waals surface area contributed by atoms with Crippen molar-refractivity contribution in [3.8, 4) is 5.75 Å². The Morgan fingerprint density at radius 3 is 2.76 bits per heavy atom. The molecule has 3 rings (SSSR count). The highest BCUT2D eigenvalue weighted by Gasteiger charge is 2.09. The molecule has 150 valence electrons. The van der Waals surface area contributed by atoms with Gasteiger partial charge >= 0.3 is 0 Å². The van der Waals surface area contributed by atoms with Crippen molar-refractivity contribution < 1.29 is 9.53 Å². The van der Waals surface area contributed by atoms with Crippen LogP contribution in [-0.2, 0) is 6.54 Å². The number of ether oxygens (including phenoxy) is 1. The Labute approximate surface area is 173 Å². The molecule has 0 fully saturated rings. The fraction of sp³-hybridized carbons (Fsp3) is 0.227. The van der Waals surface area contributed by atoms with Crippen LogP contribution < -0.4 is 15.6 Å². The number of rotatable bonds is 9. The molecule has 1 heterocycles. The average Bonchev–Trinajstić information content (AvgIpc) is 2.73. The second-order valence-electron chi connectivity index (χ2n) is 6.52. The second-order valence-corrected chi connectivity index (χ2v) is 6.91. The van der Waals surface area contributed by atoms with E-state index in [-0.39, 0.29) is 11.5 Å². The van der Waals surface area contributed by atoms with Gasteiger partial charge in [0.1, 0.15) is 5.75 Å². The Morgan fingerprint density at radius 1 is 1.21 bits per heavy atom. The summed E-state index contributed by atoms with van der Waals surface area (Å²) < 4.78 is 7.37. The summed E-state index contributed by atoms with van der Waals surface area (Å²) in [5.41, 5.74) is 0.822. The Bertz CT molecular complexity index is 1120. The van der Waals surface area contributed by atoms with Gasteiger partial charge in [0.25, 0.3) is 11.5 Å². The van der Waals surface area contributed by atoms with Crippen molar-refractivity contribution in [1.29, 1.82) is 0 Å². The third-order valence-corrected chi connectivity index (χ3v) is 4.75. The summed E-state index contributed by atoms with van der Waals surface area (Å²) in [4.78, 5) is 27.9. The highest BCUT2D eigenvalue weighted by molar-refractivity contribution is 7.71. The molecule has 0 atom stereocenters. The molecular weight excluding hydrogens is 386 g/mol. The second kappa shape index (κ2) is 9.84. The lowest BCUT2D eigenvalue weighted by Crippen LogP contribution is -2.25. The van der Waals surface area contributed by atoms with E-state index < -0.39 is 0 Å². The predicted octanol–water partition coefficient (Wildman–Crippen LogP) is 3.83. The minimum absolute atomic E-state index is 0.189. The number of para-hydroxylation sites is 1. The third kappa shape index (κ3) is 5.20. The van der Waals surface area contributed by atoms with Gasteiger partial charge in [0.05, 0.1) is 17.5 Å². The van der Waals surface area contributed by atoms with Crippen LogP contribution in [0.4, 0.5) is 0 Å². The monoisotopic (exact) mass is 409 g/mol. The van der Waals surface area contributed by atoms with Crippen molar-refractivity contribution in [3.63, 3.8) is 0 Å². The van der Waals surface area contributed by atoms with Gasteiger partial charge in [0.2, 0.25) is 0 Å². The molecule has 0 saturated heterocycles. The lowest BCUT2D eigenvalue weighted by molar-refractivity contribution is 0.0952. The SMILES string of the molecule is C=CCn1c(=S)[nH]c2cc(C(=O)NCCCCOc3ccccc3)ccc2c1=O. The number of nitrogens with zero attached hydrogens (tertiary/aromatic N) is 1. The maximum Gasteiger partial charge on any atom is 0.262 e. The number of benzene rings is 2. The highest BCUT2D eigenvalue weighted by Crippen LogP contribution is 2.11. The lowest BCUT2D eigenvalue weighted by Gasteiger charge is -2.09. The number of nitrogens with one attached hydrogen (secondary N) is 2. The van der Waals surface area contributed by atoms with Crippen LogP contribution in [-0.4, -0.2) is 28.6 Å². The Balaban J connectivity index is 1.55. The molecule has 2 N–H and O–H groups in total. The Hall–Kier alpha value is -3.19. The van der Waals surface area contributed by atoms with Crippen molar-refractivity contribution in [2.75, 3.05) is 13.2 Å². The predicted molar refractivity (Wildman–Crippen MR) is 117 cm³/mol. The summed E-state index contributed by atoms with van der Waals surface area (Å²) in [6.07, 6.45) is 3.26. The highest BCUT2D eigenvalue weighted by atomic mass is 32.1. The number of aromatic nitrogens is 2. The van der Waals surface area contributed by atoms with Crippen LogP contribution in [0.5, 0.6) is 5.75 Å². The van der Waals surface area contributed by atoms with Gasteiger partial charge in [0.15, 0.2) is 4.77 Å². The first kappa shape index (κ1) is 20.5. The van der Waals surface area contributed by atoms with Crippen molar-refractivity contribution >= 4 is 29.0 Å². The molecule has 0 aliphatic heterocycles. The van der Waals surface area contributed by atoms with Crippen LogP contribution in [0.3, 0.4) is 0 Å². The third-order valence-electron chi connectivity index (χ3n) is 4.42. The van der Waals surface area contributed by atoms with Crippen LogP contribution in [0.25, 0.3) is 10.9 Å². The molecule has 0 radical (unpaired) electrons. The van der Waals surface area contributed by atoms with Crippen LogP contribution >= 0.6 is 12.2 Å².